The smallest absolute Gasteiger partial charge is 0.273 e. The lowest BCUT2D eigenvalue weighted by molar-refractivity contribution is -0.130. The second-order valence-corrected chi connectivity index (χ2v) is 6.07. The van der Waals surface area contributed by atoms with Gasteiger partial charge in [0.25, 0.3) is 11.1 Å². The van der Waals surface area contributed by atoms with Gasteiger partial charge >= 0.3 is 0 Å². The standard InChI is InChI=1S/C19H18FN3O3/c1-22(12-13-6-8-14(20)9-7-13)17(24)10-11-23-19(26)16-5-3-2-4-15(16)18(25)21-23/h2-9H,10-12H2,1H3,(H,21,25). The van der Waals surface area contributed by atoms with Crippen LogP contribution >= 0.6 is 0 Å². The number of aromatic nitrogens is 2. The van der Waals surface area contributed by atoms with Gasteiger partial charge in [0.05, 0.1) is 17.3 Å². The lowest BCUT2D eigenvalue weighted by Gasteiger charge is -2.17. The third-order valence-electron chi connectivity index (χ3n) is 4.19. The normalized spacial score (nSPS) is 10.8. The first-order chi connectivity index (χ1) is 12.5. The number of nitrogens with zero attached hydrogens (tertiary/aromatic N) is 2. The van der Waals surface area contributed by atoms with Gasteiger partial charge in [0.2, 0.25) is 5.91 Å². The van der Waals surface area contributed by atoms with Gasteiger partial charge in [-0.25, -0.2) is 9.07 Å². The summed E-state index contributed by atoms with van der Waals surface area (Å²) in [6, 6.07) is 12.5. The van der Waals surface area contributed by atoms with Gasteiger partial charge in [-0.15, -0.1) is 0 Å². The van der Waals surface area contributed by atoms with Crippen LogP contribution in [0.3, 0.4) is 0 Å². The van der Waals surface area contributed by atoms with Crippen LogP contribution < -0.4 is 11.1 Å². The number of carbonyl (C=O) groups excluding carboxylic acids is 1. The summed E-state index contributed by atoms with van der Waals surface area (Å²) in [5, 5.41) is 3.15. The van der Waals surface area contributed by atoms with Crippen LogP contribution in [0.15, 0.2) is 58.1 Å². The van der Waals surface area contributed by atoms with Crippen LogP contribution in [0.5, 0.6) is 0 Å². The Bertz CT molecular complexity index is 1050. The first kappa shape index (κ1) is 17.6. The van der Waals surface area contributed by atoms with Crippen molar-refractivity contribution >= 4 is 16.7 Å². The van der Waals surface area contributed by atoms with Gasteiger partial charge in [0.1, 0.15) is 5.82 Å². The fourth-order valence-electron chi connectivity index (χ4n) is 2.75. The number of nitrogens with one attached hydrogen (secondary N) is 1. The maximum Gasteiger partial charge on any atom is 0.273 e. The summed E-state index contributed by atoms with van der Waals surface area (Å²) in [6.07, 6.45) is 0.0614. The average Bonchev–Trinajstić information content (AvgIpc) is 2.65. The Labute approximate surface area is 148 Å². The molecule has 0 atom stereocenters. The molecule has 3 rings (SSSR count). The highest BCUT2D eigenvalue weighted by molar-refractivity contribution is 5.80. The summed E-state index contributed by atoms with van der Waals surface area (Å²) in [4.78, 5) is 38.3. The molecule has 0 saturated heterocycles. The molecule has 1 heterocycles. The molecule has 6 nitrogen and oxygen atoms in total. The minimum Gasteiger partial charge on any atom is -0.341 e. The van der Waals surface area contributed by atoms with Gasteiger partial charge in [0, 0.05) is 20.0 Å². The molecule has 1 aromatic heterocycles. The minimum absolute atomic E-state index is 0.0614. The van der Waals surface area contributed by atoms with Crippen LogP contribution in [0.1, 0.15) is 12.0 Å². The van der Waals surface area contributed by atoms with E-state index >= 15 is 0 Å². The Kier molecular flexibility index (Phi) is 4.97. The van der Waals surface area contributed by atoms with Gasteiger partial charge in [-0.05, 0) is 29.8 Å². The highest BCUT2D eigenvalue weighted by atomic mass is 19.1. The molecule has 0 fully saturated rings. The molecule has 1 amide bonds. The number of halogens is 1. The molecule has 134 valence electrons. The van der Waals surface area contributed by atoms with E-state index in [-0.39, 0.29) is 35.8 Å². The predicted octanol–water partition coefficient (Wildman–Crippen LogP) is 1.88. The van der Waals surface area contributed by atoms with Crippen molar-refractivity contribution in [1.82, 2.24) is 14.7 Å². The van der Waals surface area contributed by atoms with E-state index in [1.54, 1.807) is 43.4 Å². The number of amides is 1. The second kappa shape index (κ2) is 7.35. The van der Waals surface area contributed by atoms with Crippen molar-refractivity contribution < 1.29 is 9.18 Å². The van der Waals surface area contributed by atoms with Crippen molar-refractivity contribution in [2.24, 2.45) is 0 Å². The lowest BCUT2D eigenvalue weighted by atomic mass is 10.2. The molecule has 26 heavy (non-hydrogen) atoms. The first-order valence-electron chi connectivity index (χ1n) is 8.16. The van der Waals surface area contributed by atoms with Crippen molar-refractivity contribution in [2.75, 3.05) is 7.05 Å². The summed E-state index contributed by atoms with van der Waals surface area (Å²) >= 11 is 0. The van der Waals surface area contributed by atoms with Crippen LogP contribution in [-0.4, -0.2) is 27.6 Å². The van der Waals surface area contributed by atoms with Gasteiger partial charge in [-0.1, -0.05) is 24.3 Å². The van der Waals surface area contributed by atoms with Gasteiger partial charge in [-0.2, -0.15) is 0 Å². The number of hydrogen-bond donors (Lipinski definition) is 1. The SMILES string of the molecule is CN(Cc1ccc(F)cc1)C(=O)CCn1[nH]c(=O)c2ccccc2c1=O. The van der Waals surface area contributed by atoms with Crippen molar-refractivity contribution in [2.45, 2.75) is 19.5 Å². The molecule has 0 saturated carbocycles. The van der Waals surface area contributed by atoms with E-state index in [1.165, 1.54) is 17.0 Å². The zero-order chi connectivity index (χ0) is 18.7. The molecule has 7 heteroatoms. The van der Waals surface area contributed by atoms with Gasteiger partial charge < -0.3 is 4.90 Å². The van der Waals surface area contributed by atoms with E-state index in [4.69, 9.17) is 0 Å². The van der Waals surface area contributed by atoms with Crippen molar-refractivity contribution in [3.05, 3.63) is 80.6 Å². The summed E-state index contributed by atoms with van der Waals surface area (Å²) in [5.74, 6) is -0.516. The van der Waals surface area contributed by atoms with Crippen LogP contribution in [0.25, 0.3) is 10.8 Å². The summed E-state index contributed by atoms with van der Waals surface area (Å²) in [7, 11) is 1.64. The number of aromatic amines is 1. The molecule has 0 aliphatic rings. The highest BCUT2D eigenvalue weighted by Gasteiger charge is 2.12. The van der Waals surface area contributed by atoms with E-state index in [9.17, 15) is 18.8 Å². The Morgan fingerprint density at radius 1 is 1.08 bits per heavy atom. The van der Waals surface area contributed by atoms with Crippen molar-refractivity contribution in [1.29, 1.82) is 0 Å². The van der Waals surface area contributed by atoms with E-state index in [2.05, 4.69) is 5.10 Å². The largest absolute Gasteiger partial charge is 0.341 e. The maximum atomic E-state index is 12.9. The number of benzene rings is 2. The summed E-state index contributed by atoms with van der Waals surface area (Å²) < 4.78 is 14.1. The molecule has 1 N–H and O–H groups in total. The number of H-pyrrole nitrogens is 1. The number of rotatable bonds is 5. The topological polar surface area (TPSA) is 75.2 Å². The van der Waals surface area contributed by atoms with Gasteiger partial charge in [-0.3, -0.25) is 19.5 Å². The molecular formula is C19H18FN3O3. The Balaban J connectivity index is 1.70. The fraction of sp³-hybridized carbons (Fsp3) is 0.211. The fourth-order valence-corrected chi connectivity index (χ4v) is 2.75. The molecule has 0 spiro atoms. The number of carbonyl (C=O) groups is 1. The van der Waals surface area contributed by atoms with E-state index in [0.717, 1.165) is 10.2 Å². The molecule has 2 aromatic carbocycles. The molecule has 0 radical (unpaired) electrons. The average molecular weight is 355 g/mol. The number of aryl methyl sites for hydroxylation is 1. The Morgan fingerprint density at radius 2 is 1.73 bits per heavy atom. The molecule has 3 aromatic rings. The predicted molar refractivity (Wildman–Crippen MR) is 96.3 cm³/mol. The van der Waals surface area contributed by atoms with Crippen LogP contribution in [0.4, 0.5) is 4.39 Å². The molecule has 0 bridgehead atoms. The third-order valence-corrected chi connectivity index (χ3v) is 4.19. The Morgan fingerprint density at radius 3 is 2.42 bits per heavy atom. The monoisotopic (exact) mass is 355 g/mol. The van der Waals surface area contributed by atoms with Crippen molar-refractivity contribution in [3.8, 4) is 0 Å². The second-order valence-electron chi connectivity index (χ2n) is 6.07. The van der Waals surface area contributed by atoms with Crippen molar-refractivity contribution in [3.63, 3.8) is 0 Å². The molecule has 0 unspecified atom stereocenters. The minimum atomic E-state index is -0.368. The van der Waals surface area contributed by atoms with Crippen LogP contribution in [-0.2, 0) is 17.9 Å². The molecular weight excluding hydrogens is 337 g/mol. The van der Waals surface area contributed by atoms with Crippen LogP contribution in [0.2, 0.25) is 0 Å². The van der Waals surface area contributed by atoms with E-state index < -0.39 is 0 Å². The van der Waals surface area contributed by atoms with Gasteiger partial charge in [0.15, 0.2) is 0 Å². The summed E-state index contributed by atoms with van der Waals surface area (Å²) in [6.45, 7) is 0.410. The zero-order valence-corrected chi connectivity index (χ0v) is 14.2. The lowest BCUT2D eigenvalue weighted by Crippen LogP contribution is -2.33. The Hall–Kier alpha value is -3.22. The third kappa shape index (κ3) is 3.72. The summed E-state index contributed by atoms with van der Waals surface area (Å²) in [5.41, 5.74) is 0.0973. The van der Waals surface area contributed by atoms with E-state index in [1.807, 2.05) is 0 Å². The number of hydrogen-bond acceptors (Lipinski definition) is 3. The number of fused-ring (bicyclic) bond motifs is 1. The molecule has 0 aliphatic heterocycles. The maximum absolute atomic E-state index is 12.9. The van der Waals surface area contributed by atoms with Crippen LogP contribution in [0, 0.1) is 5.82 Å². The van der Waals surface area contributed by atoms with E-state index in [0.29, 0.717) is 17.3 Å². The quantitative estimate of drug-likeness (QED) is 0.759. The zero-order valence-electron chi connectivity index (χ0n) is 14.2. The molecule has 0 aliphatic carbocycles. The highest BCUT2D eigenvalue weighted by Crippen LogP contribution is 2.07. The first-order valence-corrected chi connectivity index (χ1v) is 8.16.